The summed E-state index contributed by atoms with van der Waals surface area (Å²) in [6.45, 7) is 0.983. The normalized spacial score (nSPS) is 13.0. The molecule has 0 radical (unpaired) electrons. The summed E-state index contributed by atoms with van der Waals surface area (Å²) < 4.78 is 5.85. The van der Waals surface area contributed by atoms with Crippen molar-refractivity contribution in [1.82, 2.24) is 10.2 Å². The minimum atomic E-state index is -0.586. The predicted molar refractivity (Wildman–Crippen MR) is 100 cm³/mol. The molecule has 1 aromatic heterocycles. The number of benzene rings is 2. The van der Waals surface area contributed by atoms with Crippen molar-refractivity contribution in [2.24, 2.45) is 4.99 Å². The molecule has 1 heterocycles. The second kappa shape index (κ2) is 7.85. The zero-order valence-corrected chi connectivity index (χ0v) is 14.5. The zero-order valence-electron chi connectivity index (χ0n) is 14.5. The Balaban J connectivity index is 1.60. The third-order valence-corrected chi connectivity index (χ3v) is 4.08. The number of nitrogens with one attached hydrogen (secondary N) is 1. The molecule has 25 heavy (non-hydrogen) atoms. The van der Waals surface area contributed by atoms with Crippen molar-refractivity contribution in [1.29, 1.82) is 0 Å². The summed E-state index contributed by atoms with van der Waals surface area (Å²) in [4.78, 5) is 6.25. The van der Waals surface area contributed by atoms with Gasteiger partial charge in [0.1, 0.15) is 11.3 Å². The van der Waals surface area contributed by atoms with Gasteiger partial charge in [-0.15, -0.1) is 0 Å². The standard InChI is InChI=1S/C20H23N3O2/c1-21-20(22-13-18(24)15-8-4-3-5-9-15)23(2)14-17-12-16-10-6-7-11-19(16)25-17/h3-12,18,24H,13-14H2,1-2H3,(H,21,22). The maximum absolute atomic E-state index is 10.3. The second-order valence-corrected chi connectivity index (χ2v) is 5.96. The number of nitrogens with zero attached hydrogens (tertiary/aromatic N) is 2. The summed E-state index contributed by atoms with van der Waals surface area (Å²) in [6.07, 6.45) is -0.586. The number of guanidine groups is 1. The van der Waals surface area contributed by atoms with Gasteiger partial charge in [0.25, 0.3) is 0 Å². The van der Waals surface area contributed by atoms with Crippen molar-refractivity contribution in [3.8, 4) is 0 Å². The number of fused-ring (bicyclic) bond motifs is 1. The number of aliphatic imine (C=N–C) groups is 1. The van der Waals surface area contributed by atoms with E-state index in [-0.39, 0.29) is 0 Å². The van der Waals surface area contributed by atoms with Crippen LogP contribution < -0.4 is 5.32 Å². The summed E-state index contributed by atoms with van der Waals surface area (Å²) in [5.74, 6) is 1.57. The van der Waals surface area contributed by atoms with Crippen molar-refractivity contribution >= 4 is 16.9 Å². The highest BCUT2D eigenvalue weighted by Gasteiger charge is 2.12. The van der Waals surface area contributed by atoms with E-state index < -0.39 is 6.10 Å². The molecule has 5 nitrogen and oxygen atoms in total. The molecule has 0 bridgehead atoms. The van der Waals surface area contributed by atoms with Crippen LogP contribution in [0.1, 0.15) is 17.4 Å². The predicted octanol–water partition coefficient (Wildman–Crippen LogP) is 3.17. The highest BCUT2D eigenvalue weighted by atomic mass is 16.3. The molecule has 2 N–H and O–H groups in total. The topological polar surface area (TPSA) is 61.0 Å². The number of para-hydroxylation sites is 1. The van der Waals surface area contributed by atoms with Crippen LogP contribution in [-0.2, 0) is 6.54 Å². The Morgan fingerprint density at radius 3 is 2.60 bits per heavy atom. The van der Waals surface area contributed by atoms with E-state index in [1.54, 1.807) is 7.05 Å². The molecule has 0 saturated carbocycles. The van der Waals surface area contributed by atoms with Crippen LogP contribution in [0, 0.1) is 0 Å². The first kappa shape index (κ1) is 17.0. The van der Waals surface area contributed by atoms with Crippen molar-refractivity contribution in [2.45, 2.75) is 12.6 Å². The van der Waals surface area contributed by atoms with Gasteiger partial charge in [0.05, 0.1) is 12.6 Å². The summed E-state index contributed by atoms with van der Waals surface area (Å²) in [5, 5.41) is 14.6. The van der Waals surface area contributed by atoms with Crippen LogP contribution in [0.5, 0.6) is 0 Å². The summed E-state index contributed by atoms with van der Waals surface area (Å²) in [7, 11) is 3.67. The van der Waals surface area contributed by atoms with E-state index in [1.165, 1.54) is 0 Å². The van der Waals surface area contributed by atoms with Crippen LogP contribution in [-0.4, -0.2) is 36.6 Å². The molecule has 1 atom stereocenters. The molecule has 0 aliphatic carbocycles. The number of furan rings is 1. The molecular formula is C20H23N3O2. The lowest BCUT2D eigenvalue weighted by Gasteiger charge is -2.22. The number of rotatable bonds is 5. The van der Waals surface area contributed by atoms with Crippen molar-refractivity contribution in [3.05, 3.63) is 72.0 Å². The molecule has 0 fully saturated rings. The van der Waals surface area contributed by atoms with Crippen LogP contribution >= 0.6 is 0 Å². The van der Waals surface area contributed by atoms with E-state index in [0.29, 0.717) is 19.0 Å². The summed E-state index contributed by atoms with van der Waals surface area (Å²) in [5.41, 5.74) is 1.76. The van der Waals surface area contributed by atoms with Gasteiger partial charge in [-0.25, -0.2) is 0 Å². The van der Waals surface area contributed by atoms with E-state index in [2.05, 4.69) is 10.3 Å². The van der Waals surface area contributed by atoms with Gasteiger partial charge in [0.2, 0.25) is 0 Å². The molecular weight excluding hydrogens is 314 g/mol. The molecule has 3 aromatic rings. The Bertz CT molecular complexity index is 809. The fourth-order valence-corrected chi connectivity index (χ4v) is 2.79. The lowest BCUT2D eigenvalue weighted by molar-refractivity contribution is 0.179. The first-order chi connectivity index (χ1) is 12.2. The SMILES string of the molecule is CN=C(NCC(O)c1ccccc1)N(C)Cc1cc2ccccc2o1. The van der Waals surface area contributed by atoms with Crippen LogP contribution in [0.25, 0.3) is 11.0 Å². The molecule has 0 spiro atoms. The number of aliphatic hydroxyl groups is 1. The number of aliphatic hydroxyl groups excluding tert-OH is 1. The summed E-state index contributed by atoms with van der Waals surface area (Å²) >= 11 is 0. The monoisotopic (exact) mass is 337 g/mol. The highest BCUT2D eigenvalue weighted by molar-refractivity contribution is 5.80. The van der Waals surface area contributed by atoms with E-state index in [9.17, 15) is 5.11 Å². The molecule has 0 amide bonds. The maximum atomic E-state index is 10.3. The minimum Gasteiger partial charge on any atom is -0.459 e. The molecule has 130 valence electrons. The van der Waals surface area contributed by atoms with Gasteiger partial charge in [0, 0.05) is 26.0 Å². The average Bonchev–Trinajstić information content (AvgIpc) is 3.05. The zero-order chi connectivity index (χ0) is 17.6. The quantitative estimate of drug-likeness (QED) is 0.554. The minimum absolute atomic E-state index is 0.390. The Kier molecular flexibility index (Phi) is 5.36. The van der Waals surface area contributed by atoms with Gasteiger partial charge in [-0.1, -0.05) is 48.5 Å². The van der Waals surface area contributed by atoms with Crippen LogP contribution in [0.2, 0.25) is 0 Å². The van der Waals surface area contributed by atoms with Gasteiger partial charge in [-0.3, -0.25) is 4.99 Å². The Morgan fingerprint density at radius 1 is 1.16 bits per heavy atom. The number of hydrogen-bond donors (Lipinski definition) is 2. The Labute approximate surface area is 147 Å². The van der Waals surface area contributed by atoms with Crippen LogP contribution in [0.15, 0.2) is 70.1 Å². The largest absolute Gasteiger partial charge is 0.459 e. The third-order valence-electron chi connectivity index (χ3n) is 4.08. The Hall–Kier alpha value is -2.79. The fourth-order valence-electron chi connectivity index (χ4n) is 2.79. The first-order valence-electron chi connectivity index (χ1n) is 8.29. The fraction of sp³-hybridized carbons (Fsp3) is 0.250. The van der Waals surface area contributed by atoms with Crippen molar-refractivity contribution < 1.29 is 9.52 Å². The third kappa shape index (κ3) is 4.19. The molecule has 1 unspecified atom stereocenters. The van der Waals surface area contributed by atoms with Crippen molar-refractivity contribution in [3.63, 3.8) is 0 Å². The van der Waals surface area contributed by atoms with Gasteiger partial charge in [-0.05, 0) is 17.7 Å². The molecule has 0 aliphatic heterocycles. The van der Waals surface area contributed by atoms with Gasteiger partial charge >= 0.3 is 0 Å². The molecule has 0 saturated heterocycles. The van der Waals surface area contributed by atoms with E-state index in [1.807, 2.05) is 72.6 Å². The van der Waals surface area contributed by atoms with E-state index >= 15 is 0 Å². The average molecular weight is 337 g/mol. The lowest BCUT2D eigenvalue weighted by atomic mass is 10.1. The molecule has 3 rings (SSSR count). The Morgan fingerprint density at radius 2 is 1.88 bits per heavy atom. The maximum Gasteiger partial charge on any atom is 0.193 e. The molecule has 5 heteroatoms. The van der Waals surface area contributed by atoms with Crippen molar-refractivity contribution in [2.75, 3.05) is 20.6 Å². The van der Waals surface area contributed by atoms with E-state index in [0.717, 1.165) is 22.3 Å². The van der Waals surface area contributed by atoms with Gasteiger partial charge < -0.3 is 19.7 Å². The smallest absolute Gasteiger partial charge is 0.193 e. The number of hydrogen-bond acceptors (Lipinski definition) is 3. The van der Waals surface area contributed by atoms with Gasteiger partial charge in [-0.2, -0.15) is 0 Å². The van der Waals surface area contributed by atoms with E-state index in [4.69, 9.17) is 4.42 Å². The molecule has 2 aromatic carbocycles. The summed E-state index contributed by atoms with van der Waals surface area (Å²) in [6, 6.07) is 19.6. The van der Waals surface area contributed by atoms with Gasteiger partial charge in [0.15, 0.2) is 5.96 Å². The molecule has 0 aliphatic rings. The first-order valence-corrected chi connectivity index (χ1v) is 8.29. The lowest BCUT2D eigenvalue weighted by Crippen LogP contribution is -2.40. The highest BCUT2D eigenvalue weighted by Crippen LogP contribution is 2.19. The second-order valence-electron chi connectivity index (χ2n) is 5.96. The van der Waals surface area contributed by atoms with Crippen LogP contribution in [0.3, 0.4) is 0 Å². The van der Waals surface area contributed by atoms with Crippen LogP contribution in [0.4, 0.5) is 0 Å².